The highest BCUT2D eigenvalue weighted by Gasteiger charge is 2.12. The number of rotatable bonds is 5. The Labute approximate surface area is 139 Å². The van der Waals surface area contributed by atoms with Gasteiger partial charge in [-0.15, -0.1) is 0 Å². The van der Waals surface area contributed by atoms with Gasteiger partial charge in [0.1, 0.15) is 0 Å². The van der Waals surface area contributed by atoms with Crippen LogP contribution in [-0.2, 0) is 14.3 Å². The number of carbonyl (C=O) groups is 2. The number of amides is 1. The van der Waals surface area contributed by atoms with E-state index in [1.807, 2.05) is 24.3 Å². The summed E-state index contributed by atoms with van der Waals surface area (Å²) in [5.74, 6) is -0.907. The molecule has 0 aliphatic carbocycles. The maximum atomic E-state index is 12.0. The lowest BCUT2D eigenvalue weighted by Gasteiger charge is -2.16. The van der Waals surface area contributed by atoms with E-state index in [-0.39, 0.29) is 12.5 Å². The van der Waals surface area contributed by atoms with E-state index in [1.165, 1.54) is 11.0 Å². The number of halogens is 1. The molecule has 2 aromatic carbocycles. The highest BCUT2D eigenvalue weighted by atomic mass is 35.5. The molecule has 2 rings (SSSR count). The Morgan fingerprint density at radius 3 is 2.43 bits per heavy atom. The molecule has 0 spiro atoms. The van der Waals surface area contributed by atoms with Crippen LogP contribution in [0.25, 0.3) is 6.08 Å². The van der Waals surface area contributed by atoms with E-state index >= 15 is 0 Å². The highest BCUT2D eigenvalue weighted by Crippen LogP contribution is 2.16. The molecular weight excluding hydrogens is 314 g/mol. The van der Waals surface area contributed by atoms with E-state index in [2.05, 4.69) is 0 Å². The van der Waals surface area contributed by atoms with Gasteiger partial charge in [-0.25, -0.2) is 4.79 Å². The quantitative estimate of drug-likeness (QED) is 0.622. The van der Waals surface area contributed by atoms with Crippen molar-refractivity contribution < 1.29 is 14.3 Å². The molecule has 118 valence electrons. The van der Waals surface area contributed by atoms with Gasteiger partial charge < -0.3 is 9.64 Å². The fraction of sp³-hybridized carbons (Fsp3) is 0.111. The molecule has 0 radical (unpaired) electrons. The third-order valence-electron chi connectivity index (χ3n) is 3.16. The first-order valence-corrected chi connectivity index (χ1v) is 7.36. The molecule has 0 aliphatic heterocycles. The van der Waals surface area contributed by atoms with E-state index in [9.17, 15) is 9.59 Å². The van der Waals surface area contributed by atoms with Crippen molar-refractivity contribution in [3.05, 3.63) is 71.3 Å². The number of likely N-dealkylation sites (N-methyl/N-ethyl adjacent to an activating group) is 1. The molecule has 5 heteroatoms. The monoisotopic (exact) mass is 329 g/mol. The van der Waals surface area contributed by atoms with Gasteiger partial charge in [0.2, 0.25) is 0 Å². The zero-order valence-corrected chi connectivity index (χ0v) is 13.4. The molecule has 4 nitrogen and oxygen atoms in total. The van der Waals surface area contributed by atoms with Crippen LogP contribution >= 0.6 is 11.6 Å². The molecule has 0 unspecified atom stereocenters. The largest absolute Gasteiger partial charge is 0.452 e. The zero-order chi connectivity index (χ0) is 16.7. The Bertz CT molecular complexity index is 713. The summed E-state index contributed by atoms with van der Waals surface area (Å²) in [4.78, 5) is 25.1. The first-order chi connectivity index (χ1) is 11.1. The minimum atomic E-state index is -0.597. The summed E-state index contributed by atoms with van der Waals surface area (Å²) in [6.45, 7) is -0.322. The Hall–Kier alpha value is -2.59. The third kappa shape index (κ3) is 4.97. The summed E-state index contributed by atoms with van der Waals surface area (Å²) in [5.41, 5.74) is 1.44. The van der Waals surface area contributed by atoms with E-state index in [1.54, 1.807) is 43.5 Å². The molecule has 0 heterocycles. The molecule has 0 bridgehead atoms. The summed E-state index contributed by atoms with van der Waals surface area (Å²) in [6, 6.07) is 16.3. The van der Waals surface area contributed by atoms with Gasteiger partial charge in [0.05, 0.1) is 0 Å². The molecule has 0 saturated heterocycles. The van der Waals surface area contributed by atoms with Gasteiger partial charge in [-0.1, -0.05) is 48.0 Å². The first-order valence-electron chi connectivity index (χ1n) is 6.99. The van der Waals surface area contributed by atoms with Crippen LogP contribution in [0.4, 0.5) is 5.69 Å². The van der Waals surface area contributed by atoms with E-state index in [0.717, 1.165) is 5.69 Å². The van der Waals surface area contributed by atoms with Crippen LogP contribution in [0.1, 0.15) is 5.56 Å². The van der Waals surface area contributed by atoms with Gasteiger partial charge >= 0.3 is 5.97 Å². The lowest BCUT2D eigenvalue weighted by Crippen LogP contribution is -2.30. The molecule has 0 aliphatic rings. The van der Waals surface area contributed by atoms with E-state index in [0.29, 0.717) is 10.6 Å². The fourth-order valence-corrected chi connectivity index (χ4v) is 2.04. The minimum Gasteiger partial charge on any atom is -0.452 e. The number of carbonyl (C=O) groups excluding carboxylic acids is 2. The summed E-state index contributed by atoms with van der Waals surface area (Å²) < 4.78 is 4.95. The number of esters is 1. The van der Waals surface area contributed by atoms with E-state index in [4.69, 9.17) is 16.3 Å². The molecule has 0 atom stereocenters. The van der Waals surface area contributed by atoms with Crippen molar-refractivity contribution in [3.8, 4) is 0 Å². The molecule has 0 saturated carbocycles. The van der Waals surface area contributed by atoms with Gasteiger partial charge in [-0.3, -0.25) is 4.79 Å². The van der Waals surface area contributed by atoms with Crippen molar-refractivity contribution in [1.82, 2.24) is 0 Å². The highest BCUT2D eigenvalue weighted by molar-refractivity contribution is 6.32. The molecule has 1 amide bonds. The summed E-state index contributed by atoms with van der Waals surface area (Å²) in [5, 5.41) is 0.538. The van der Waals surface area contributed by atoms with Crippen LogP contribution in [0.15, 0.2) is 60.7 Å². The predicted octanol–water partition coefficient (Wildman–Crippen LogP) is 3.56. The lowest BCUT2D eigenvalue weighted by atomic mass is 10.2. The van der Waals surface area contributed by atoms with Crippen LogP contribution in [-0.4, -0.2) is 25.5 Å². The Morgan fingerprint density at radius 2 is 1.74 bits per heavy atom. The van der Waals surface area contributed by atoms with Gasteiger partial charge in [-0.2, -0.15) is 0 Å². The standard InChI is InChI=1S/C18H16ClNO3/c1-20(15-8-3-2-4-9-15)17(21)13-23-18(22)12-11-14-7-5-6-10-16(14)19/h2-12H,13H2,1H3/b12-11+. The third-order valence-corrected chi connectivity index (χ3v) is 3.50. The van der Waals surface area contributed by atoms with Gasteiger partial charge in [-0.05, 0) is 29.8 Å². The second-order valence-electron chi connectivity index (χ2n) is 4.75. The number of ether oxygens (including phenoxy) is 1. The molecule has 0 fully saturated rings. The van der Waals surface area contributed by atoms with Crippen LogP contribution in [0, 0.1) is 0 Å². The van der Waals surface area contributed by atoms with Crippen molar-refractivity contribution in [3.63, 3.8) is 0 Å². The molecule has 0 N–H and O–H groups in total. The minimum absolute atomic E-state index is 0.310. The number of nitrogens with zero attached hydrogens (tertiary/aromatic N) is 1. The van der Waals surface area contributed by atoms with Crippen molar-refractivity contribution in [2.75, 3.05) is 18.6 Å². The maximum absolute atomic E-state index is 12.0. The van der Waals surface area contributed by atoms with Gasteiger partial charge in [0, 0.05) is 23.8 Å². The zero-order valence-electron chi connectivity index (χ0n) is 12.6. The molecule has 0 aromatic heterocycles. The second kappa shape index (κ2) is 8.15. The summed E-state index contributed by atoms with van der Waals surface area (Å²) >= 11 is 5.98. The van der Waals surface area contributed by atoms with Crippen molar-refractivity contribution in [2.24, 2.45) is 0 Å². The number of benzene rings is 2. The molecule has 2 aromatic rings. The van der Waals surface area contributed by atoms with Crippen LogP contribution < -0.4 is 4.90 Å². The maximum Gasteiger partial charge on any atom is 0.331 e. The average Bonchev–Trinajstić information content (AvgIpc) is 2.59. The topological polar surface area (TPSA) is 46.6 Å². The number of para-hydroxylation sites is 1. The normalized spacial score (nSPS) is 10.5. The predicted molar refractivity (Wildman–Crippen MR) is 91.3 cm³/mol. The summed E-state index contributed by atoms with van der Waals surface area (Å²) in [7, 11) is 1.63. The van der Waals surface area contributed by atoms with Gasteiger partial charge in [0.25, 0.3) is 5.91 Å². The Morgan fingerprint density at radius 1 is 1.09 bits per heavy atom. The summed E-state index contributed by atoms with van der Waals surface area (Å²) in [6.07, 6.45) is 2.80. The Kier molecular flexibility index (Phi) is 5.94. The van der Waals surface area contributed by atoms with Crippen molar-refractivity contribution in [2.45, 2.75) is 0 Å². The van der Waals surface area contributed by atoms with Gasteiger partial charge in [0.15, 0.2) is 6.61 Å². The lowest BCUT2D eigenvalue weighted by molar-refractivity contribution is -0.142. The smallest absolute Gasteiger partial charge is 0.331 e. The van der Waals surface area contributed by atoms with Crippen LogP contribution in [0.3, 0.4) is 0 Å². The average molecular weight is 330 g/mol. The molecular formula is C18H16ClNO3. The second-order valence-corrected chi connectivity index (χ2v) is 5.16. The SMILES string of the molecule is CN(C(=O)COC(=O)/C=C/c1ccccc1Cl)c1ccccc1. The fourth-order valence-electron chi connectivity index (χ4n) is 1.84. The van der Waals surface area contributed by atoms with E-state index < -0.39 is 5.97 Å². The number of hydrogen-bond acceptors (Lipinski definition) is 3. The number of anilines is 1. The van der Waals surface area contributed by atoms with Crippen LogP contribution in [0.2, 0.25) is 5.02 Å². The van der Waals surface area contributed by atoms with Crippen LogP contribution in [0.5, 0.6) is 0 Å². The van der Waals surface area contributed by atoms with Crippen molar-refractivity contribution in [1.29, 1.82) is 0 Å². The Balaban J connectivity index is 1.87. The first kappa shape index (κ1) is 16.8. The molecule has 23 heavy (non-hydrogen) atoms. The van der Waals surface area contributed by atoms with Crippen molar-refractivity contribution >= 4 is 35.2 Å². The number of hydrogen-bond donors (Lipinski definition) is 0.